The summed E-state index contributed by atoms with van der Waals surface area (Å²) in [7, 11) is 5.95. The van der Waals surface area contributed by atoms with Crippen LogP contribution in [0.25, 0.3) is 0 Å². The van der Waals surface area contributed by atoms with Gasteiger partial charge in [0.2, 0.25) is 0 Å². The average molecular weight is 849 g/mol. The van der Waals surface area contributed by atoms with Crippen LogP contribution >= 0.6 is 0 Å². The maximum Gasteiger partial charge on any atom is 0.361 e. The van der Waals surface area contributed by atoms with Crippen LogP contribution in [0.1, 0.15) is 213 Å². The van der Waals surface area contributed by atoms with E-state index in [-0.39, 0.29) is 32.2 Å². The van der Waals surface area contributed by atoms with E-state index in [2.05, 4.69) is 50.3 Å². The summed E-state index contributed by atoms with van der Waals surface area (Å²) in [5.74, 6) is -2.01. The predicted molar refractivity (Wildman–Crippen MR) is 249 cm³/mol. The highest BCUT2D eigenvalue weighted by Crippen LogP contribution is 2.15. The lowest BCUT2D eigenvalue weighted by Crippen LogP contribution is -2.40. The fourth-order valence-electron chi connectivity index (χ4n) is 6.78. The monoisotopic (exact) mass is 849 g/mol. The first kappa shape index (κ1) is 57.5. The lowest BCUT2D eigenvalue weighted by molar-refractivity contribution is -0.870. The molecule has 0 aromatic carbocycles. The Morgan fingerprint density at radius 1 is 0.500 bits per heavy atom. The normalized spacial score (nSPS) is 13.2. The summed E-state index contributed by atoms with van der Waals surface area (Å²) in [5, 5.41) is 9.60. The SMILES string of the molecule is CCCCCCC/C=C\C/C=C\C/C=C\CCCCCCCCCCCCCCCCC(=O)OC(COC(=O)CCCCCCCC)COC(OCC[N+](C)(C)C)C(=O)O. The van der Waals surface area contributed by atoms with E-state index in [0.717, 1.165) is 51.4 Å². The molecular formula is C51H94NO8+. The number of aliphatic carboxylic acids is 1. The van der Waals surface area contributed by atoms with Crippen LogP contribution in [0, 0.1) is 0 Å². The molecular weight excluding hydrogens is 755 g/mol. The molecule has 0 amide bonds. The van der Waals surface area contributed by atoms with Crippen LogP contribution in [0.3, 0.4) is 0 Å². The highest BCUT2D eigenvalue weighted by Gasteiger charge is 2.25. The van der Waals surface area contributed by atoms with E-state index in [1.165, 1.54) is 135 Å². The summed E-state index contributed by atoms with van der Waals surface area (Å²) < 4.78 is 22.6. The van der Waals surface area contributed by atoms with Gasteiger partial charge in [-0.25, -0.2) is 4.79 Å². The van der Waals surface area contributed by atoms with Crippen molar-refractivity contribution >= 4 is 17.9 Å². The zero-order chi connectivity index (χ0) is 44.2. The molecule has 0 radical (unpaired) electrons. The van der Waals surface area contributed by atoms with Gasteiger partial charge in [0.15, 0.2) is 6.10 Å². The van der Waals surface area contributed by atoms with Crippen LogP contribution in [0.4, 0.5) is 0 Å². The maximum absolute atomic E-state index is 12.7. The summed E-state index contributed by atoms with van der Waals surface area (Å²) in [4.78, 5) is 36.9. The van der Waals surface area contributed by atoms with Gasteiger partial charge in [-0.3, -0.25) is 9.59 Å². The van der Waals surface area contributed by atoms with Crippen molar-refractivity contribution in [2.24, 2.45) is 0 Å². The van der Waals surface area contributed by atoms with Crippen molar-refractivity contribution in [1.82, 2.24) is 0 Å². The number of carbonyl (C=O) groups is 3. The number of nitrogens with zero attached hydrogens (tertiary/aromatic N) is 1. The molecule has 0 saturated carbocycles. The number of carboxylic acids is 1. The van der Waals surface area contributed by atoms with Gasteiger partial charge in [0.25, 0.3) is 6.29 Å². The van der Waals surface area contributed by atoms with E-state index in [1.54, 1.807) is 0 Å². The van der Waals surface area contributed by atoms with E-state index in [9.17, 15) is 19.5 Å². The van der Waals surface area contributed by atoms with E-state index < -0.39 is 24.3 Å². The molecule has 9 nitrogen and oxygen atoms in total. The third-order valence-corrected chi connectivity index (χ3v) is 10.6. The molecule has 60 heavy (non-hydrogen) atoms. The Bertz CT molecular complexity index is 1080. The van der Waals surface area contributed by atoms with E-state index in [4.69, 9.17) is 18.9 Å². The van der Waals surface area contributed by atoms with Gasteiger partial charge in [-0.15, -0.1) is 0 Å². The first-order chi connectivity index (χ1) is 29.1. The summed E-state index contributed by atoms with van der Waals surface area (Å²) in [6, 6.07) is 0. The molecule has 0 spiro atoms. The van der Waals surface area contributed by atoms with Crippen LogP contribution in [-0.4, -0.2) is 87.4 Å². The number of rotatable bonds is 45. The maximum atomic E-state index is 12.7. The zero-order valence-electron chi connectivity index (χ0n) is 39.6. The molecule has 0 fully saturated rings. The van der Waals surface area contributed by atoms with Crippen LogP contribution in [-0.2, 0) is 33.3 Å². The summed E-state index contributed by atoms with van der Waals surface area (Å²) in [6.07, 6.45) is 46.8. The molecule has 1 N–H and O–H groups in total. The number of allylic oxidation sites excluding steroid dienone is 6. The molecule has 0 heterocycles. The van der Waals surface area contributed by atoms with Crippen LogP contribution in [0.5, 0.6) is 0 Å². The van der Waals surface area contributed by atoms with Gasteiger partial charge in [-0.1, -0.05) is 185 Å². The van der Waals surface area contributed by atoms with Gasteiger partial charge < -0.3 is 28.5 Å². The summed E-state index contributed by atoms with van der Waals surface area (Å²) >= 11 is 0. The summed E-state index contributed by atoms with van der Waals surface area (Å²) in [6.45, 7) is 4.80. The second-order valence-electron chi connectivity index (χ2n) is 17.8. The topological polar surface area (TPSA) is 108 Å². The number of hydrogen-bond donors (Lipinski definition) is 1. The van der Waals surface area contributed by atoms with Gasteiger partial charge in [0, 0.05) is 12.8 Å². The van der Waals surface area contributed by atoms with Crippen molar-refractivity contribution in [3.05, 3.63) is 36.5 Å². The zero-order valence-corrected chi connectivity index (χ0v) is 39.6. The van der Waals surface area contributed by atoms with Gasteiger partial charge >= 0.3 is 17.9 Å². The molecule has 2 atom stereocenters. The summed E-state index contributed by atoms with van der Waals surface area (Å²) in [5.41, 5.74) is 0. The minimum Gasteiger partial charge on any atom is -0.477 e. The predicted octanol–water partition coefficient (Wildman–Crippen LogP) is 13.4. The number of ether oxygens (including phenoxy) is 4. The standard InChI is InChI=1S/C51H93NO8/c1-6-8-10-12-14-15-16-17-18-19-20-21-22-23-24-25-26-27-28-29-30-31-32-33-34-35-36-38-40-42-49(54)60-47(45-58-48(53)41-39-37-13-11-9-7-2)46-59-51(50(55)56)57-44-43-52(3,4)5/h16-17,19-20,22-23,47,51H,6-15,18,21,24-46H2,1-5H3/p+1/b17-16-,20-19-,23-22-. The van der Waals surface area contributed by atoms with Gasteiger partial charge in [0.1, 0.15) is 13.2 Å². The Kier molecular flexibility index (Phi) is 41.4. The van der Waals surface area contributed by atoms with Crippen molar-refractivity contribution < 1.29 is 42.9 Å². The highest BCUT2D eigenvalue weighted by atomic mass is 16.7. The second kappa shape index (κ2) is 43.2. The van der Waals surface area contributed by atoms with Crippen LogP contribution < -0.4 is 0 Å². The van der Waals surface area contributed by atoms with Crippen molar-refractivity contribution in [3.8, 4) is 0 Å². The fourth-order valence-corrected chi connectivity index (χ4v) is 6.78. The molecule has 0 bridgehead atoms. The Labute approximate surface area is 369 Å². The van der Waals surface area contributed by atoms with Crippen molar-refractivity contribution in [2.45, 2.75) is 225 Å². The Morgan fingerprint density at radius 2 is 0.900 bits per heavy atom. The van der Waals surface area contributed by atoms with E-state index in [0.29, 0.717) is 17.4 Å². The molecule has 0 aliphatic heterocycles. The molecule has 0 rings (SSSR count). The number of hydrogen-bond acceptors (Lipinski definition) is 7. The number of likely N-dealkylation sites (N-methyl/N-ethyl adjacent to an activating group) is 1. The smallest absolute Gasteiger partial charge is 0.361 e. The Morgan fingerprint density at radius 3 is 1.33 bits per heavy atom. The van der Waals surface area contributed by atoms with Gasteiger partial charge in [-0.05, 0) is 51.4 Å². The van der Waals surface area contributed by atoms with E-state index in [1.807, 2.05) is 21.1 Å². The first-order valence-corrected chi connectivity index (χ1v) is 24.7. The molecule has 0 aliphatic carbocycles. The lowest BCUT2D eigenvalue weighted by atomic mass is 10.0. The fraction of sp³-hybridized carbons (Fsp3) is 0.824. The highest BCUT2D eigenvalue weighted by molar-refractivity contribution is 5.71. The molecule has 0 aliphatic rings. The van der Waals surface area contributed by atoms with Gasteiger partial charge in [0.05, 0.1) is 34.4 Å². The molecule has 350 valence electrons. The number of carboxylic acid groups (broad SMARTS) is 1. The molecule has 9 heteroatoms. The van der Waals surface area contributed by atoms with E-state index >= 15 is 0 Å². The van der Waals surface area contributed by atoms with Crippen molar-refractivity contribution in [1.29, 1.82) is 0 Å². The number of esters is 2. The lowest BCUT2D eigenvalue weighted by Gasteiger charge is -2.25. The Hall–Kier alpha value is -2.49. The van der Waals surface area contributed by atoms with Crippen LogP contribution in [0.2, 0.25) is 0 Å². The molecule has 2 unspecified atom stereocenters. The van der Waals surface area contributed by atoms with Crippen molar-refractivity contribution in [3.63, 3.8) is 0 Å². The Balaban J connectivity index is 4.06. The van der Waals surface area contributed by atoms with Crippen molar-refractivity contribution in [2.75, 3.05) is 47.5 Å². The molecule has 0 aromatic heterocycles. The molecule has 0 saturated heterocycles. The second-order valence-corrected chi connectivity index (χ2v) is 17.8. The minimum absolute atomic E-state index is 0.181. The molecule has 0 aromatic rings. The number of carbonyl (C=O) groups excluding carboxylic acids is 2. The largest absolute Gasteiger partial charge is 0.477 e. The average Bonchev–Trinajstić information content (AvgIpc) is 3.21. The first-order valence-electron chi connectivity index (χ1n) is 24.7. The van der Waals surface area contributed by atoms with Crippen LogP contribution in [0.15, 0.2) is 36.5 Å². The quantitative estimate of drug-likeness (QED) is 0.0212. The number of unbranched alkanes of at least 4 members (excludes halogenated alkanes) is 24. The van der Waals surface area contributed by atoms with Gasteiger partial charge in [-0.2, -0.15) is 0 Å². The number of quaternary nitrogens is 1. The third kappa shape index (κ3) is 43.6. The third-order valence-electron chi connectivity index (χ3n) is 10.6. The minimum atomic E-state index is -1.50.